The van der Waals surface area contributed by atoms with E-state index in [1.165, 1.54) is 12.8 Å². The highest BCUT2D eigenvalue weighted by atomic mass is 16.3. The highest BCUT2D eigenvalue weighted by Gasteiger charge is 2.17. The summed E-state index contributed by atoms with van der Waals surface area (Å²) >= 11 is 0. The van der Waals surface area contributed by atoms with Gasteiger partial charge in [-0.2, -0.15) is 15.0 Å². The van der Waals surface area contributed by atoms with Gasteiger partial charge in [-0.3, -0.25) is 4.90 Å². The van der Waals surface area contributed by atoms with Crippen LogP contribution in [0, 0.1) is 5.92 Å². The van der Waals surface area contributed by atoms with Crippen molar-refractivity contribution in [1.82, 2.24) is 19.9 Å². The number of piperidine rings is 1. The lowest BCUT2D eigenvalue weighted by Gasteiger charge is -2.29. The van der Waals surface area contributed by atoms with Crippen molar-refractivity contribution in [2.45, 2.75) is 32.9 Å². The molecule has 2 aromatic heterocycles. The van der Waals surface area contributed by atoms with Gasteiger partial charge in [-0.25, -0.2) is 0 Å². The minimum Gasteiger partial charge on any atom is -0.467 e. The van der Waals surface area contributed by atoms with E-state index in [0.29, 0.717) is 18.3 Å². The molecular formula is C15H22N6O. The van der Waals surface area contributed by atoms with Gasteiger partial charge in [0, 0.05) is 0 Å². The van der Waals surface area contributed by atoms with Crippen LogP contribution < -0.4 is 11.1 Å². The Morgan fingerprint density at radius 3 is 2.86 bits per heavy atom. The van der Waals surface area contributed by atoms with E-state index >= 15 is 0 Å². The van der Waals surface area contributed by atoms with Crippen LogP contribution in [-0.4, -0.2) is 32.9 Å². The normalized spacial score (nSPS) is 16.8. The third-order valence-electron chi connectivity index (χ3n) is 3.94. The third kappa shape index (κ3) is 3.94. The summed E-state index contributed by atoms with van der Waals surface area (Å²) in [5.41, 5.74) is 5.79. The molecule has 22 heavy (non-hydrogen) atoms. The molecule has 0 aromatic carbocycles. The first-order valence-electron chi connectivity index (χ1n) is 7.68. The van der Waals surface area contributed by atoms with Gasteiger partial charge in [0.05, 0.1) is 19.4 Å². The maximum Gasteiger partial charge on any atom is 0.228 e. The molecule has 3 N–H and O–H groups in total. The summed E-state index contributed by atoms with van der Waals surface area (Å²) in [5.74, 6) is 3.08. The third-order valence-corrected chi connectivity index (χ3v) is 3.94. The number of likely N-dealkylation sites (tertiary alicyclic amines) is 1. The molecule has 0 saturated carbocycles. The molecule has 0 unspecified atom stereocenters. The van der Waals surface area contributed by atoms with Crippen LogP contribution in [0.15, 0.2) is 22.8 Å². The zero-order valence-electron chi connectivity index (χ0n) is 12.8. The SMILES string of the molecule is CC1CCN(Cc2nc(N)nc(NCc3ccco3)n2)CC1. The Hall–Kier alpha value is -2.15. The average molecular weight is 302 g/mol. The predicted octanol–water partition coefficient (Wildman–Crippen LogP) is 1.89. The fraction of sp³-hybridized carbons (Fsp3) is 0.533. The lowest BCUT2D eigenvalue weighted by atomic mass is 9.99. The Kier molecular flexibility index (Phi) is 4.53. The van der Waals surface area contributed by atoms with Crippen LogP contribution in [0.25, 0.3) is 0 Å². The van der Waals surface area contributed by atoms with E-state index in [-0.39, 0.29) is 5.95 Å². The summed E-state index contributed by atoms with van der Waals surface area (Å²) in [7, 11) is 0. The molecule has 7 heteroatoms. The van der Waals surface area contributed by atoms with E-state index < -0.39 is 0 Å². The van der Waals surface area contributed by atoms with Crippen LogP contribution in [0.5, 0.6) is 0 Å². The second kappa shape index (κ2) is 6.74. The quantitative estimate of drug-likeness (QED) is 0.871. The van der Waals surface area contributed by atoms with Crippen molar-refractivity contribution < 1.29 is 4.42 Å². The molecule has 2 aromatic rings. The highest BCUT2D eigenvalue weighted by molar-refractivity contribution is 5.31. The van der Waals surface area contributed by atoms with Gasteiger partial charge in [-0.05, 0) is 44.0 Å². The fourth-order valence-corrected chi connectivity index (χ4v) is 2.59. The van der Waals surface area contributed by atoms with E-state index in [1.807, 2.05) is 12.1 Å². The van der Waals surface area contributed by atoms with Crippen LogP contribution in [0.2, 0.25) is 0 Å². The number of nitrogen functional groups attached to an aromatic ring is 1. The van der Waals surface area contributed by atoms with E-state index in [9.17, 15) is 0 Å². The smallest absolute Gasteiger partial charge is 0.228 e. The number of hydrogen-bond donors (Lipinski definition) is 2. The van der Waals surface area contributed by atoms with Gasteiger partial charge in [0.15, 0.2) is 0 Å². The van der Waals surface area contributed by atoms with Crippen LogP contribution in [-0.2, 0) is 13.1 Å². The average Bonchev–Trinajstić information content (AvgIpc) is 3.00. The predicted molar refractivity (Wildman–Crippen MR) is 83.9 cm³/mol. The molecule has 1 fully saturated rings. The molecule has 0 radical (unpaired) electrons. The summed E-state index contributed by atoms with van der Waals surface area (Å²) in [5, 5.41) is 3.12. The molecule has 118 valence electrons. The first kappa shape index (κ1) is 14.8. The number of nitrogens with one attached hydrogen (secondary N) is 1. The Labute approximate surface area is 130 Å². The molecule has 3 heterocycles. The zero-order chi connectivity index (χ0) is 15.4. The molecule has 0 aliphatic carbocycles. The van der Waals surface area contributed by atoms with E-state index in [1.54, 1.807) is 6.26 Å². The van der Waals surface area contributed by atoms with E-state index in [4.69, 9.17) is 10.2 Å². The Balaban J connectivity index is 1.62. The molecule has 3 rings (SSSR count). The van der Waals surface area contributed by atoms with Crippen LogP contribution in [0.4, 0.5) is 11.9 Å². The lowest BCUT2D eigenvalue weighted by Crippen LogP contribution is -2.33. The number of aromatic nitrogens is 3. The minimum atomic E-state index is 0.248. The van der Waals surface area contributed by atoms with Gasteiger partial charge in [-0.1, -0.05) is 6.92 Å². The van der Waals surface area contributed by atoms with Crippen molar-refractivity contribution in [2.75, 3.05) is 24.1 Å². The molecule has 0 bridgehead atoms. The summed E-state index contributed by atoms with van der Waals surface area (Å²) < 4.78 is 5.27. The molecule has 0 amide bonds. The summed E-state index contributed by atoms with van der Waals surface area (Å²) in [6, 6.07) is 3.74. The van der Waals surface area contributed by atoms with Crippen molar-refractivity contribution in [3.8, 4) is 0 Å². The number of nitrogens with zero attached hydrogens (tertiary/aromatic N) is 4. The van der Waals surface area contributed by atoms with Crippen molar-refractivity contribution in [2.24, 2.45) is 5.92 Å². The van der Waals surface area contributed by atoms with Crippen molar-refractivity contribution in [1.29, 1.82) is 0 Å². The second-order valence-corrected chi connectivity index (χ2v) is 5.83. The molecule has 1 aliphatic heterocycles. The fourth-order valence-electron chi connectivity index (χ4n) is 2.59. The first-order valence-corrected chi connectivity index (χ1v) is 7.68. The highest BCUT2D eigenvalue weighted by Crippen LogP contribution is 2.17. The van der Waals surface area contributed by atoms with E-state index in [0.717, 1.165) is 31.3 Å². The Morgan fingerprint density at radius 1 is 1.32 bits per heavy atom. The Morgan fingerprint density at radius 2 is 2.14 bits per heavy atom. The summed E-state index contributed by atoms with van der Waals surface area (Å²) in [6.07, 6.45) is 4.09. The first-order chi connectivity index (χ1) is 10.7. The molecule has 1 saturated heterocycles. The number of rotatable bonds is 5. The van der Waals surface area contributed by atoms with E-state index in [2.05, 4.69) is 32.1 Å². The van der Waals surface area contributed by atoms with Gasteiger partial charge in [-0.15, -0.1) is 0 Å². The van der Waals surface area contributed by atoms with Crippen molar-refractivity contribution in [3.63, 3.8) is 0 Å². The molecule has 1 aliphatic rings. The zero-order valence-corrected chi connectivity index (χ0v) is 12.8. The number of furan rings is 1. The summed E-state index contributed by atoms with van der Waals surface area (Å²) in [6.45, 7) is 5.71. The van der Waals surface area contributed by atoms with Crippen LogP contribution >= 0.6 is 0 Å². The number of anilines is 2. The van der Waals surface area contributed by atoms with Gasteiger partial charge in [0.25, 0.3) is 0 Å². The maximum absolute atomic E-state index is 5.79. The van der Waals surface area contributed by atoms with Gasteiger partial charge < -0.3 is 15.5 Å². The lowest BCUT2D eigenvalue weighted by molar-refractivity contribution is 0.181. The molecule has 7 nitrogen and oxygen atoms in total. The summed E-state index contributed by atoms with van der Waals surface area (Å²) in [4.78, 5) is 15.2. The van der Waals surface area contributed by atoms with Crippen molar-refractivity contribution in [3.05, 3.63) is 30.0 Å². The van der Waals surface area contributed by atoms with Gasteiger partial charge in [0.1, 0.15) is 11.6 Å². The standard InChI is InChI=1S/C15H22N6O/c1-11-4-6-21(7-5-11)10-13-18-14(16)20-15(19-13)17-9-12-3-2-8-22-12/h2-3,8,11H,4-7,9-10H2,1H3,(H3,16,17,18,19,20). The monoisotopic (exact) mass is 302 g/mol. The van der Waals surface area contributed by atoms with Crippen LogP contribution in [0.1, 0.15) is 31.4 Å². The van der Waals surface area contributed by atoms with Gasteiger partial charge in [0.2, 0.25) is 11.9 Å². The largest absolute Gasteiger partial charge is 0.467 e. The molecule has 0 atom stereocenters. The second-order valence-electron chi connectivity index (χ2n) is 5.83. The van der Waals surface area contributed by atoms with Crippen LogP contribution in [0.3, 0.4) is 0 Å². The Bertz CT molecular complexity index is 592. The topological polar surface area (TPSA) is 93.1 Å². The molecular weight excluding hydrogens is 280 g/mol. The minimum absolute atomic E-state index is 0.248. The molecule has 0 spiro atoms. The number of hydrogen-bond acceptors (Lipinski definition) is 7. The number of nitrogens with two attached hydrogens (primary N) is 1. The maximum atomic E-state index is 5.79. The van der Waals surface area contributed by atoms with Gasteiger partial charge >= 0.3 is 0 Å². The van der Waals surface area contributed by atoms with Crippen molar-refractivity contribution >= 4 is 11.9 Å².